The molecule has 3 heterocycles. The number of aliphatic hydroxyl groups is 2. The van der Waals surface area contributed by atoms with Gasteiger partial charge in [0.25, 0.3) is 0 Å². The number of Topliss-reactive ketones (excluding diaryl/α,β-unsaturated/α-hetero) is 1. The minimum atomic E-state index is -2.29. The topological polar surface area (TPSA) is 595 Å². The van der Waals surface area contributed by atoms with Crippen molar-refractivity contribution in [3.8, 4) is 24.7 Å². The maximum absolute atomic E-state index is 14.3. The second-order valence-corrected chi connectivity index (χ2v) is 32.9. The molecular weight excluding hydrogens is 1760 g/mol. The summed E-state index contributed by atoms with van der Waals surface area (Å²) in [6.07, 6.45) is 8.42. The Morgan fingerprint density at radius 2 is 1.02 bits per heavy atom. The lowest BCUT2D eigenvalue weighted by Crippen LogP contribution is -2.55. The van der Waals surface area contributed by atoms with Crippen LogP contribution in [0.2, 0.25) is 0 Å². The van der Waals surface area contributed by atoms with Crippen molar-refractivity contribution in [2.45, 2.75) is 193 Å². The van der Waals surface area contributed by atoms with Gasteiger partial charge in [0.2, 0.25) is 77.7 Å². The van der Waals surface area contributed by atoms with E-state index < -0.39 is 173 Å². The van der Waals surface area contributed by atoms with Crippen LogP contribution in [-0.4, -0.2) is 278 Å². The van der Waals surface area contributed by atoms with Crippen molar-refractivity contribution in [2.75, 3.05) is 63.1 Å². The van der Waals surface area contributed by atoms with Crippen LogP contribution in [-0.2, 0) is 81.5 Å². The molecule has 38 nitrogen and oxygen atoms in total. The molecule has 1 aromatic carbocycles. The van der Waals surface area contributed by atoms with E-state index in [0.717, 1.165) is 30.5 Å². The van der Waals surface area contributed by atoms with E-state index in [1.54, 1.807) is 78.4 Å². The maximum atomic E-state index is 14.3. The highest BCUT2D eigenvalue weighted by atomic mass is 32.2. The van der Waals surface area contributed by atoms with Crippen molar-refractivity contribution in [1.29, 1.82) is 0 Å². The van der Waals surface area contributed by atoms with Crippen molar-refractivity contribution >= 4 is 214 Å². The van der Waals surface area contributed by atoms with Gasteiger partial charge in [-0.1, -0.05) is 217 Å². The molecule has 0 aliphatic carbocycles. The molecule has 7 unspecified atom stereocenters. The van der Waals surface area contributed by atoms with E-state index in [1.807, 2.05) is 19.2 Å². The van der Waals surface area contributed by atoms with E-state index in [9.17, 15) is 96.8 Å². The normalized spacial score (nSPS) is 14.1. The number of rotatable bonds is 39. The zero-order valence-electron chi connectivity index (χ0n) is 65.1. The van der Waals surface area contributed by atoms with E-state index in [-0.39, 0.29) is 105 Å². The van der Waals surface area contributed by atoms with Crippen LogP contribution >= 0.6 is 95.9 Å². The van der Waals surface area contributed by atoms with Gasteiger partial charge in [0.15, 0.2) is 5.78 Å². The summed E-state index contributed by atoms with van der Waals surface area (Å²) in [5, 5.41) is 90.4. The fourth-order valence-electron chi connectivity index (χ4n) is 9.61. The first kappa shape index (κ1) is 129. The van der Waals surface area contributed by atoms with Crippen molar-refractivity contribution in [2.24, 2.45) is 21.9 Å². The van der Waals surface area contributed by atoms with Gasteiger partial charge in [-0.05, 0) is 70.5 Å². The quantitative estimate of drug-likeness (QED) is 0.00520. The van der Waals surface area contributed by atoms with Crippen LogP contribution in [0.4, 0.5) is 0 Å². The Morgan fingerprint density at radius 1 is 0.602 bits per heavy atom. The number of ketones is 1. The lowest BCUT2D eigenvalue weighted by atomic mass is 9.66. The van der Waals surface area contributed by atoms with Gasteiger partial charge in [0.05, 0.1) is 46.7 Å². The first-order valence-corrected chi connectivity index (χ1v) is 40.1. The van der Waals surface area contributed by atoms with Gasteiger partial charge in [-0.2, -0.15) is 0 Å². The third kappa shape index (κ3) is 48.6. The number of nitrogens with zero attached hydrogens (tertiary/aromatic N) is 6. The maximum Gasteiger partial charge on any atom is 0.338 e. The largest absolute Gasteiger partial charge is 0.479 e. The van der Waals surface area contributed by atoms with E-state index >= 15 is 0 Å². The molecule has 3 aliphatic rings. The van der Waals surface area contributed by atoms with Gasteiger partial charge in [0.1, 0.15) is 13.0 Å². The van der Waals surface area contributed by atoms with Crippen molar-refractivity contribution < 1.29 is 122 Å². The van der Waals surface area contributed by atoms with Crippen LogP contribution in [0.3, 0.4) is 0 Å². The minimum Gasteiger partial charge on any atom is -0.479 e. The number of nitrogens with one attached hydrogen (secondary N) is 7. The van der Waals surface area contributed by atoms with E-state index in [0.29, 0.717) is 48.7 Å². The average Bonchev–Trinajstić information content (AvgIpc) is 1.52. The molecule has 0 aromatic heterocycles. The van der Waals surface area contributed by atoms with Gasteiger partial charge in [-0.3, -0.25) is 67.4 Å². The molecule has 690 valence electrons. The number of hydrogen-bond donors (Lipinski definition) is 15. The van der Waals surface area contributed by atoms with E-state index in [1.165, 1.54) is 61.0 Å². The Hall–Kier alpha value is -10.0. The fraction of sp³-hybridized carbons (Fsp3) is 0.545. The van der Waals surface area contributed by atoms with Gasteiger partial charge in [-0.25, -0.2) is 28.8 Å². The summed E-state index contributed by atoms with van der Waals surface area (Å²) in [5.41, 5.74) is 6.80. The number of thiocarbonyl (C=S) groups is 4. The number of azide groups is 1. The molecule has 0 spiro atoms. The van der Waals surface area contributed by atoms with E-state index in [2.05, 4.69) is 56.3 Å². The van der Waals surface area contributed by atoms with Gasteiger partial charge < -0.3 is 78.1 Å². The number of benzene rings is 1. The molecule has 3 aliphatic heterocycles. The molecule has 1 aromatic rings. The summed E-state index contributed by atoms with van der Waals surface area (Å²) in [6.45, 7) is 21.8. The van der Waals surface area contributed by atoms with Crippen LogP contribution < -0.4 is 37.2 Å². The number of amides is 10. The second-order valence-electron chi connectivity index (χ2n) is 25.5. The molecule has 46 heteroatoms. The smallest absolute Gasteiger partial charge is 0.338 e. The van der Waals surface area contributed by atoms with Crippen LogP contribution in [0.15, 0.2) is 59.8 Å². The van der Waals surface area contributed by atoms with Crippen LogP contribution in [0.5, 0.6) is 0 Å². The monoisotopic (exact) mass is 1880 g/mol. The number of carboxylic acids is 6. The lowest BCUT2D eigenvalue weighted by molar-refractivity contribution is -0.154. The van der Waals surface area contributed by atoms with Crippen molar-refractivity contribution in [1.82, 2.24) is 51.9 Å². The van der Waals surface area contributed by atoms with E-state index in [4.69, 9.17) is 92.8 Å². The summed E-state index contributed by atoms with van der Waals surface area (Å²) >= 11 is 26.0. The molecule has 7 atom stereocenters. The number of terminal acetylenes is 2. The minimum absolute atomic E-state index is 0. The lowest BCUT2D eigenvalue weighted by Gasteiger charge is -2.42. The van der Waals surface area contributed by atoms with Gasteiger partial charge in [0, 0.05) is 96.5 Å². The molecule has 10 amide bonds. The number of aliphatic hydroxyl groups excluding tert-OH is 2. The SMILES string of the molecule is C.C.C.C.C.C.C#CC(CC(=O)NC(C(=O)O)C(=O)O)C(CC(=O)N1CCSC1=S)N=[N+]=[N-].C#CCCC(C)(CC(C)(CC(C)(SC(=S)c1ccccc1)C(=O)NCC(=O)N1CCSC1=S)C(=O)NCC(=O)NC(C(=O)O)C(=O)O)C(=O)NCC(C)O.C=C(C)C(=O)CC(=O)NC(C(=O)O)C(=O)O.C=C(C)C(=O)NCC(C)O.CC.O=CN1CCSC1=S. The number of carbonyl (C=O) groups excluding carboxylic acids is 11. The molecular formula is C77H119N13O25S8. The molecule has 3 saturated heterocycles. The Morgan fingerprint density at radius 3 is 1.41 bits per heavy atom. The Labute approximate surface area is 756 Å². The molecule has 123 heavy (non-hydrogen) atoms. The number of carboxylic acid groups (broad SMARTS) is 6. The Balaban J connectivity index is -0.000000264. The first-order valence-electron chi connectivity index (χ1n) is 34.7. The fourth-order valence-corrected chi connectivity index (χ4v) is 15.1. The van der Waals surface area contributed by atoms with Crippen LogP contribution in [0.1, 0.15) is 157 Å². The average molecular weight is 1880 g/mol. The third-order valence-electron chi connectivity index (χ3n) is 15.5. The summed E-state index contributed by atoms with van der Waals surface area (Å²) in [4.78, 5) is 207. The highest BCUT2D eigenvalue weighted by molar-refractivity contribution is 8.25. The number of aliphatic carboxylic acids is 6. The Bertz CT molecular complexity index is 3970. The molecule has 15 N–H and O–H groups in total. The molecule has 3 fully saturated rings. The number of thioether (sulfide) groups is 4. The van der Waals surface area contributed by atoms with Crippen LogP contribution in [0.25, 0.3) is 10.4 Å². The van der Waals surface area contributed by atoms with Crippen molar-refractivity contribution in [3.63, 3.8) is 0 Å². The second kappa shape index (κ2) is 65.6. The highest BCUT2D eigenvalue weighted by Gasteiger charge is 2.51. The number of hydrogen-bond acceptors (Lipinski definition) is 28. The van der Waals surface area contributed by atoms with Gasteiger partial charge in [-0.15, -0.1) is 24.7 Å². The molecule has 0 saturated carbocycles. The third-order valence-corrected chi connectivity index (χ3v) is 21.5. The molecule has 0 bridgehead atoms. The van der Waals surface area contributed by atoms with Crippen LogP contribution in [0, 0.1) is 41.4 Å². The van der Waals surface area contributed by atoms with Crippen molar-refractivity contribution in [3.05, 3.63) is 70.6 Å². The highest BCUT2D eigenvalue weighted by Crippen LogP contribution is 2.47. The number of allylic oxidation sites excluding steroid dienone is 1. The molecule has 4 rings (SSSR count). The first-order chi connectivity index (χ1) is 54.5. The summed E-state index contributed by atoms with van der Waals surface area (Å²) in [7, 11) is 0. The Kier molecular flexibility index (Phi) is 68.6. The summed E-state index contributed by atoms with van der Waals surface area (Å²) < 4.78 is 0.128. The zero-order valence-corrected chi connectivity index (χ0v) is 71.6. The summed E-state index contributed by atoms with van der Waals surface area (Å²) in [5.74, 6) is -11.5. The predicted molar refractivity (Wildman–Crippen MR) is 492 cm³/mol. The van der Waals surface area contributed by atoms with Gasteiger partial charge >= 0.3 is 35.8 Å². The predicted octanol–water partition coefficient (Wildman–Crippen LogP) is 6.07. The number of carbonyl (C=O) groups is 17. The summed E-state index contributed by atoms with van der Waals surface area (Å²) in [6, 6.07) is 1.18. The molecule has 0 radical (unpaired) electrons. The standard InChI is InChI=1S/C35H45N5O10S4.C14H15N5O6S2.C9H11NO6.C7H13NO2.C4H5NOS2.C2H6.6CH4/c1-6-7-13-33(3,29(48)36-16-21(2)41)19-34(4,30(49)37-17-23(42)39-25(26(44)45)27(46)47)20-35(5,54-28(51)22-11-9-8-10-12-22)31(50)38-18-24(43)40-14-15-53-32(40)52;1-2-7(5-9(20)16-11(12(22)23)13(24)25)8(17-18-15)6-10(21)19-3-4-27-14(19)26;1-4(2)5(11)3-6(12)10-7(8(13)14)9(15)16;1-5(2)7(10)8-4-6(3)9;6-3-5-1-2-8-4(5)7;1-2;;;;;;/h1,8-12,21,25,41H,7,13-20H2,2-5H3,(H,36,48)(H,37,49)(H,38,50)(H,39,42)(H,44,45)(H,46,47);1,7-8,11H,3-6H2,(H,16,20)(H,22,23)(H,24,25);7H,1,3H2,2H3,(H,10,12)(H,13,14)(H,15,16);6,9H,1,4H2,2-3H3,(H,8,10);3H,1-2H2;1-2H3;6*1H4. The zero-order chi connectivity index (χ0) is 90.4.